The van der Waals surface area contributed by atoms with E-state index in [-0.39, 0.29) is 0 Å². The Kier molecular flexibility index (Phi) is 4.82. The number of benzene rings is 1. The zero-order chi connectivity index (χ0) is 11.3. The summed E-state index contributed by atoms with van der Waals surface area (Å²) in [5, 5.41) is 0. The van der Waals surface area contributed by atoms with E-state index >= 15 is 0 Å². The van der Waals surface area contributed by atoms with Crippen molar-refractivity contribution in [3.8, 4) is 5.75 Å². The SMILES string of the molecule is CSCCCOc1c(C)cc(C)cc1N. The third kappa shape index (κ3) is 3.67. The summed E-state index contributed by atoms with van der Waals surface area (Å²) in [6.07, 6.45) is 3.17. The van der Waals surface area contributed by atoms with Gasteiger partial charge in [0.25, 0.3) is 0 Å². The van der Waals surface area contributed by atoms with Gasteiger partial charge >= 0.3 is 0 Å². The summed E-state index contributed by atoms with van der Waals surface area (Å²) >= 11 is 1.84. The van der Waals surface area contributed by atoms with Crippen LogP contribution in [0.5, 0.6) is 5.75 Å². The maximum Gasteiger partial charge on any atom is 0.145 e. The van der Waals surface area contributed by atoms with Crippen molar-refractivity contribution in [1.82, 2.24) is 0 Å². The minimum atomic E-state index is 0.745. The van der Waals surface area contributed by atoms with Crippen LogP contribution in [-0.2, 0) is 0 Å². The van der Waals surface area contributed by atoms with Crippen LogP contribution in [0.15, 0.2) is 12.1 Å². The third-order valence-corrected chi connectivity index (χ3v) is 2.88. The van der Waals surface area contributed by atoms with E-state index in [9.17, 15) is 0 Å². The van der Waals surface area contributed by atoms with Crippen LogP contribution < -0.4 is 10.5 Å². The van der Waals surface area contributed by atoms with Crippen molar-refractivity contribution in [2.75, 3.05) is 24.3 Å². The smallest absolute Gasteiger partial charge is 0.145 e. The van der Waals surface area contributed by atoms with Crippen molar-refractivity contribution in [2.45, 2.75) is 20.3 Å². The minimum absolute atomic E-state index is 0.745. The second-order valence-corrected chi connectivity index (χ2v) is 4.68. The highest BCUT2D eigenvalue weighted by molar-refractivity contribution is 7.98. The van der Waals surface area contributed by atoms with Gasteiger partial charge in [-0.25, -0.2) is 0 Å². The summed E-state index contributed by atoms with van der Waals surface area (Å²) in [4.78, 5) is 0. The molecule has 0 unspecified atom stereocenters. The number of nitrogens with two attached hydrogens (primary N) is 1. The van der Waals surface area contributed by atoms with Crippen LogP contribution in [0.2, 0.25) is 0 Å². The van der Waals surface area contributed by atoms with Gasteiger partial charge in [-0.2, -0.15) is 11.8 Å². The standard InChI is InChI=1S/C12H19NOS/c1-9-7-10(2)12(11(13)8-9)14-5-4-6-15-3/h7-8H,4-6,13H2,1-3H3. The summed E-state index contributed by atoms with van der Waals surface area (Å²) in [5.74, 6) is 1.98. The Bertz CT molecular complexity index is 302. The molecule has 1 rings (SSSR count). The molecule has 1 aromatic rings. The molecule has 2 N–H and O–H groups in total. The van der Waals surface area contributed by atoms with Crippen LogP contribution in [0.25, 0.3) is 0 Å². The lowest BCUT2D eigenvalue weighted by Crippen LogP contribution is -2.03. The Morgan fingerprint density at radius 2 is 2.07 bits per heavy atom. The molecule has 2 nitrogen and oxygen atoms in total. The first kappa shape index (κ1) is 12.2. The molecule has 1 aromatic carbocycles. The van der Waals surface area contributed by atoms with Gasteiger partial charge in [-0.15, -0.1) is 0 Å². The number of nitrogen functional groups attached to an aromatic ring is 1. The van der Waals surface area contributed by atoms with Gasteiger partial charge in [0.05, 0.1) is 12.3 Å². The van der Waals surface area contributed by atoms with Crippen LogP contribution in [0, 0.1) is 13.8 Å². The topological polar surface area (TPSA) is 35.2 Å². The predicted octanol–water partition coefficient (Wildman–Crippen LogP) is 3.02. The fourth-order valence-electron chi connectivity index (χ4n) is 1.56. The zero-order valence-electron chi connectivity index (χ0n) is 9.67. The highest BCUT2D eigenvalue weighted by Crippen LogP contribution is 2.27. The van der Waals surface area contributed by atoms with Crippen molar-refractivity contribution >= 4 is 17.4 Å². The van der Waals surface area contributed by atoms with Crippen molar-refractivity contribution in [1.29, 1.82) is 0 Å². The summed E-state index contributed by atoms with van der Waals surface area (Å²) < 4.78 is 5.69. The van der Waals surface area contributed by atoms with E-state index in [1.165, 1.54) is 5.56 Å². The number of thioether (sulfide) groups is 1. The van der Waals surface area contributed by atoms with Gasteiger partial charge in [-0.3, -0.25) is 0 Å². The molecule has 0 aliphatic rings. The Hall–Kier alpha value is -0.830. The van der Waals surface area contributed by atoms with E-state index in [1.807, 2.05) is 31.7 Å². The van der Waals surface area contributed by atoms with E-state index in [4.69, 9.17) is 10.5 Å². The average molecular weight is 225 g/mol. The molecule has 15 heavy (non-hydrogen) atoms. The van der Waals surface area contributed by atoms with Gasteiger partial charge in [0.15, 0.2) is 0 Å². The van der Waals surface area contributed by atoms with E-state index in [0.29, 0.717) is 0 Å². The number of aryl methyl sites for hydroxylation is 2. The van der Waals surface area contributed by atoms with Crippen LogP contribution >= 0.6 is 11.8 Å². The molecule has 0 aliphatic carbocycles. The second kappa shape index (κ2) is 5.91. The van der Waals surface area contributed by atoms with Gasteiger partial charge in [0.1, 0.15) is 5.75 Å². The second-order valence-electron chi connectivity index (χ2n) is 3.69. The van der Waals surface area contributed by atoms with E-state index < -0.39 is 0 Å². The van der Waals surface area contributed by atoms with Gasteiger partial charge in [-0.05, 0) is 49.5 Å². The number of hydrogen-bond acceptors (Lipinski definition) is 3. The minimum Gasteiger partial charge on any atom is -0.491 e. The number of hydrogen-bond donors (Lipinski definition) is 1. The first-order chi connectivity index (χ1) is 7.15. The lowest BCUT2D eigenvalue weighted by atomic mass is 10.1. The van der Waals surface area contributed by atoms with Crippen molar-refractivity contribution in [3.05, 3.63) is 23.3 Å². The summed E-state index contributed by atoms with van der Waals surface area (Å²) in [6.45, 7) is 4.82. The largest absolute Gasteiger partial charge is 0.491 e. The molecule has 0 spiro atoms. The van der Waals surface area contributed by atoms with Crippen LogP contribution in [-0.4, -0.2) is 18.6 Å². The summed E-state index contributed by atoms with van der Waals surface area (Å²) in [6, 6.07) is 4.05. The Morgan fingerprint density at radius 3 is 2.67 bits per heavy atom. The maximum atomic E-state index is 5.91. The van der Waals surface area contributed by atoms with Crippen molar-refractivity contribution in [3.63, 3.8) is 0 Å². The van der Waals surface area contributed by atoms with Crippen LogP contribution in [0.4, 0.5) is 5.69 Å². The fraction of sp³-hybridized carbons (Fsp3) is 0.500. The maximum absolute atomic E-state index is 5.91. The Labute approximate surface area is 96.2 Å². The molecule has 0 radical (unpaired) electrons. The molecule has 0 atom stereocenters. The van der Waals surface area contributed by atoms with Crippen molar-refractivity contribution < 1.29 is 4.74 Å². The van der Waals surface area contributed by atoms with Crippen molar-refractivity contribution in [2.24, 2.45) is 0 Å². The first-order valence-corrected chi connectivity index (χ1v) is 6.53. The van der Waals surface area contributed by atoms with Gasteiger partial charge in [0, 0.05) is 0 Å². The van der Waals surface area contributed by atoms with Crippen LogP contribution in [0.1, 0.15) is 17.5 Å². The van der Waals surface area contributed by atoms with Gasteiger partial charge in [-0.1, -0.05) is 6.07 Å². The van der Waals surface area contributed by atoms with Gasteiger partial charge < -0.3 is 10.5 Å². The zero-order valence-corrected chi connectivity index (χ0v) is 10.5. The van der Waals surface area contributed by atoms with E-state index in [0.717, 1.165) is 35.8 Å². The molecule has 0 fully saturated rings. The molecule has 0 aliphatic heterocycles. The highest BCUT2D eigenvalue weighted by Gasteiger charge is 2.05. The highest BCUT2D eigenvalue weighted by atomic mass is 32.2. The monoisotopic (exact) mass is 225 g/mol. The van der Waals surface area contributed by atoms with Gasteiger partial charge in [0.2, 0.25) is 0 Å². The summed E-state index contributed by atoms with van der Waals surface area (Å²) in [7, 11) is 0. The molecule has 3 heteroatoms. The predicted molar refractivity (Wildman–Crippen MR) is 68.8 cm³/mol. The number of rotatable bonds is 5. The summed E-state index contributed by atoms with van der Waals surface area (Å²) in [5.41, 5.74) is 8.96. The molecular weight excluding hydrogens is 206 g/mol. The molecule has 0 aromatic heterocycles. The molecule has 0 saturated heterocycles. The third-order valence-electron chi connectivity index (χ3n) is 2.19. The molecule has 0 bridgehead atoms. The molecule has 0 amide bonds. The lowest BCUT2D eigenvalue weighted by molar-refractivity contribution is 0.318. The molecule has 0 heterocycles. The fourth-order valence-corrected chi connectivity index (χ4v) is 1.97. The van der Waals surface area contributed by atoms with E-state index in [1.54, 1.807) is 0 Å². The number of anilines is 1. The lowest BCUT2D eigenvalue weighted by Gasteiger charge is -2.12. The normalized spacial score (nSPS) is 10.3. The van der Waals surface area contributed by atoms with E-state index in [2.05, 4.69) is 12.3 Å². The quantitative estimate of drug-likeness (QED) is 0.618. The molecule has 0 saturated carbocycles. The first-order valence-electron chi connectivity index (χ1n) is 5.13. The molecular formula is C12H19NOS. The Balaban J connectivity index is 2.60. The average Bonchev–Trinajstić information content (AvgIpc) is 2.15. The number of ether oxygens (including phenoxy) is 1. The Morgan fingerprint density at radius 1 is 1.33 bits per heavy atom. The molecule has 84 valence electrons. The van der Waals surface area contributed by atoms with Crippen LogP contribution in [0.3, 0.4) is 0 Å².